The number of hydrogen-bond acceptors (Lipinski definition) is 3. The summed E-state index contributed by atoms with van der Waals surface area (Å²) in [6.07, 6.45) is -4.73. The van der Waals surface area contributed by atoms with Gasteiger partial charge in [0.25, 0.3) is 0 Å². The van der Waals surface area contributed by atoms with Crippen LogP contribution in [-0.2, 0) is 15.5 Å². The predicted molar refractivity (Wildman–Crippen MR) is 111 cm³/mol. The van der Waals surface area contributed by atoms with Crippen LogP contribution < -0.4 is 16.1 Å². The lowest BCUT2D eigenvalue weighted by Crippen LogP contribution is -2.41. The van der Waals surface area contributed by atoms with Gasteiger partial charge in [0, 0.05) is 11.4 Å². The Morgan fingerprint density at radius 1 is 0.968 bits per heavy atom. The van der Waals surface area contributed by atoms with E-state index in [1.807, 2.05) is 27.7 Å². The van der Waals surface area contributed by atoms with Gasteiger partial charge in [0.15, 0.2) is 0 Å². The van der Waals surface area contributed by atoms with Crippen molar-refractivity contribution in [2.75, 3.05) is 10.6 Å². The molecule has 0 aliphatic carbocycles. The second kappa shape index (κ2) is 7.83. The number of amides is 2. The molecule has 166 valence electrons. The largest absolute Gasteiger partial charge is 0.494 e. The number of alkyl halides is 3. The van der Waals surface area contributed by atoms with Gasteiger partial charge in [-0.1, -0.05) is 12.1 Å². The molecule has 10 heteroatoms. The number of anilines is 2. The second-order valence-electron chi connectivity index (χ2n) is 8.47. The third kappa shape index (κ3) is 5.02. The first-order chi connectivity index (χ1) is 14.2. The molecule has 2 aromatic carbocycles. The van der Waals surface area contributed by atoms with Gasteiger partial charge in [0.05, 0.1) is 16.8 Å². The monoisotopic (exact) mass is 438 g/mol. The maximum absolute atomic E-state index is 13.5. The van der Waals surface area contributed by atoms with Crippen LogP contribution in [-0.4, -0.2) is 24.4 Å². The van der Waals surface area contributed by atoms with E-state index in [4.69, 9.17) is 9.31 Å². The number of carbonyl (C=O) groups is 1. The maximum Gasteiger partial charge on any atom is 0.494 e. The Hall–Kier alpha value is -2.59. The van der Waals surface area contributed by atoms with Crippen LogP contribution in [0.5, 0.6) is 0 Å². The van der Waals surface area contributed by atoms with E-state index in [-0.39, 0.29) is 5.69 Å². The van der Waals surface area contributed by atoms with Crippen LogP contribution in [0.25, 0.3) is 0 Å². The van der Waals surface area contributed by atoms with Crippen LogP contribution in [0.3, 0.4) is 0 Å². The maximum atomic E-state index is 13.5. The SMILES string of the molecule is Cc1cc(B2OC(C)(C)C(C)(C)O2)ccc1NC(=O)Nc1cc(F)cc(C(F)(F)F)c1. The molecule has 0 unspecified atom stereocenters. The average molecular weight is 438 g/mol. The lowest BCUT2D eigenvalue weighted by atomic mass is 9.78. The molecule has 2 N–H and O–H groups in total. The number of halogens is 4. The topological polar surface area (TPSA) is 59.6 Å². The molecule has 0 bridgehead atoms. The van der Waals surface area contributed by atoms with Crippen molar-refractivity contribution < 1.29 is 31.7 Å². The standard InChI is InChI=1S/C21H23BF4N2O3/c1-12-8-14(22-30-19(2,3)20(4,5)31-22)6-7-17(12)28-18(29)27-16-10-13(21(24,25)26)9-15(23)11-16/h6-11H,1-5H3,(H2,27,28,29). The van der Waals surface area contributed by atoms with Crippen LogP contribution >= 0.6 is 0 Å². The second-order valence-corrected chi connectivity index (χ2v) is 8.47. The highest BCUT2D eigenvalue weighted by Gasteiger charge is 2.51. The lowest BCUT2D eigenvalue weighted by Gasteiger charge is -2.32. The molecule has 0 radical (unpaired) electrons. The van der Waals surface area contributed by atoms with Crippen LogP contribution in [0, 0.1) is 12.7 Å². The fourth-order valence-electron chi connectivity index (χ4n) is 3.06. The Morgan fingerprint density at radius 2 is 1.58 bits per heavy atom. The molecular weight excluding hydrogens is 415 g/mol. The molecule has 0 spiro atoms. The molecular formula is C21H23BF4N2O3. The van der Waals surface area contributed by atoms with Crippen molar-refractivity contribution in [1.29, 1.82) is 0 Å². The Balaban J connectivity index is 1.71. The minimum Gasteiger partial charge on any atom is -0.399 e. The molecule has 0 aromatic heterocycles. The van der Waals surface area contributed by atoms with Crippen molar-refractivity contribution in [2.24, 2.45) is 0 Å². The predicted octanol–water partition coefficient (Wildman–Crippen LogP) is 5.10. The van der Waals surface area contributed by atoms with Crippen molar-refractivity contribution in [3.05, 3.63) is 53.3 Å². The van der Waals surface area contributed by atoms with Gasteiger partial charge in [0.2, 0.25) is 0 Å². The normalized spacial score (nSPS) is 17.5. The van der Waals surface area contributed by atoms with E-state index in [0.29, 0.717) is 23.4 Å². The van der Waals surface area contributed by atoms with E-state index in [9.17, 15) is 22.4 Å². The zero-order valence-electron chi connectivity index (χ0n) is 17.8. The highest BCUT2D eigenvalue weighted by Crippen LogP contribution is 2.36. The number of rotatable bonds is 3. The number of carbonyl (C=O) groups excluding carboxylic acids is 1. The van der Waals surface area contributed by atoms with Gasteiger partial charge in [-0.15, -0.1) is 0 Å². The van der Waals surface area contributed by atoms with E-state index in [2.05, 4.69) is 10.6 Å². The van der Waals surface area contributed by atoms with Gasteiger partial charge in [-0.3, -0.25) is 0 Å². The number of urea groups is 1. The van der Waals surface area contributed by atoms with E-state index >= 15 is 0 Å². The van der Waals surface area contributed by atoms with Crippen molar-refractivity contribution >= 4 is 30.0 Å². The van der Waals surface area contributed by atoms with E-state index in [0.717, 1.165) is 11.5 Å². The number of aryl methyl sites for hydroxylation is 1. The molecule has 0 atom stereocenters. The molecule has 1 heterocycles. The summed E-state index contributed by atoms with van der Waals surface area (Å²) in [4.78, 5) is 12.2. The zero-order valence-corrected chi connectivity index (χ0v) is 17.8. The molecule has 2 aromatic rings. The molecule has 2 amide bonds. The summed E-state index contributed by atoms with van der Waals surface area (Å²) in [5, 5.41) is 4.77. The van der Waals surface area contributed by atoms with Gasteiger partial charge in [-0.2, -0.15) is 13.2 Å². The highest BCUT2D eigenvalue weighted by atomic mass is 19.4. The Labute approximate surface area is 178 Å². The summed E-state index contributed by atoms with van der Waals surface area (Å²) in [5.41, 5.74) is -0.600. The molecule has 5 nitrogen and oxygen atoms in total. The molecule has 3 rings (SSSR count). The number of hydrogen-bond donors (Lipinski definition) is 2. The first kappa shape index (κ1) is 23.1. The Morgan fingerprint density at radius 3 is 2.13 bits per heavy atom. The summed E-state index contributed by atoms with van der Waals surface area (Å²) in [6, 6.07) is 6.20. The molecule has 1 fully saturated rings. The minimum absolute atomic E-state index is 0.309. The minimum atomic E-state index is -4.73. The summed E-state index contributed by atoms with van der Waals surface area (Å²) in [6.45, 7) is 9.52. The molecule has 0 saturated carbocycles. The summed E-state index contributed by atoms with van der Waals surface area (Å²) >= 11 is 0. The average Bonchev–Trinajstić information content (AvgIpc) is 2.83. The van der Waals surface area contributed by atoms with Crippen molar-refractivity contribution in [1.82, 2.24) is 0 Å². The van der Waals surface area contributed by atoms with E-state index in [1.165, 1.54) is 0 Å². The van der Waals surface area contributed by atoms with E-state index in [1.54, 1.807) is 25.1 Å². The van der Waals surface area contributed by atoms with Gasteiger partial charge >= 0.3 is 19.3 Å². The number of nitrogens with one attached hydrogen (secondary N) is 2. The van der Waals surface area contributed by atoms with Crippen LogP contribution in [0.4, 0.5) is 33.7 Å². The summed E-state index contributed by atoms with van der Waals surface area (Å²) < 4.78 is 64.0. The quantitative estimate of drug-likeness (QED) is 0.518. The van der Waals surface area contributed by atoms with Gasteiger partial charge in [0.1, 0.15) is 5.82 Å². The van der Waals surface area contributed by atoms with Crippen molar-refractivity contribution in [3.63, 3.8) is 0 Å². The van der Waals surface area contributed by atoms with Crippen LogP contribution in [0.1, 0.15) is 38.8 Å². The Bertz CT molecular complexity index is 993. The van der Waals surface area contributed by atoms with Crippen LogP contribution in [0.15, 0.2) is 36.4 Å². The first-order valence-corrected chi connectivity index (χ1v) is 9.60. The number of benzene rings is 2. The first-order valence-electron chi connectivity index (χ1n) is 9.60. The van der Waals surface area contributed by atoms with Crippen molar-refractivity contribution in [3.8, 4) is 0 Å². The Kier molecular flexibility index (Phi) is 5.83. The van der Waals surface area contributed by atoms with Gasteiger partial charge in [-0.25, -0.2) is 9.18 Å². The zero-order chi connectivity index (χ0) is 23.2. The van der Waals surface area contributed by atoms with Gasteiger partial charge in [-0.05, 0) is 69.9 Å². The highest BCUT2D eigenvalue weighted by molar-refractivity contribution is 6.62. The third-order valence-electron chi connectivity index (χ3n) is 5.51. The fourth-order valence-corrected chi connectivity index (χ4v) is 3.06. The van der Waals surface area contributed by atoms with E-state index < -0.39 is 41.9 Å². The molecule has 31 heavy (non-hydrogen) atoms. The van der Waals surface area contributed by atoms with Crippen molar-refractivity contribution in [2.45, 2.75) is 52.0 Å². The molecule has 1 aliphatic heterocycles. The summed E-state index contributed by atoms with van der Waals surface area (Å²) in [7, 11) is -0.570. The fraction of sp³-hybridized carbons (Fsp3) is 0.381. The lowest BCUT2D eigenvalue weighted by molar-refractivity contribution is -0.137. The molecule has 1 aliphatic rings. The summed E-state index contributed by atoms with van der Waals surface area (Å²) in [5.74, 6) is -1.10. The van der Waals surface area contributed by atoms with Crippen LogP contribution in [0.2, 0.25) is 0 Å². The molecule has 1 saturated heterocycles. The van der Waals surface area contributed by atoms with Gasteiger partial charge < -0.3 is 19.9 Å². The third-order valence-corrected chi connectivity index (χ3v) is 5.51. The smallest absolute Gasteiger partial charge is 0.399 e.